The quantitative estimate of drug-likeness (QED) is 0.314. The molecule has 168 valence electrons. The van der Waals surface area contributed by atoms with Crippen molar-refractivity contribution in [2.45, 2.75) is 83.6 Å². The number of carbonyl (C=O) groups excluding carboxylic acids is 1. The molecular weight excluding hydrogens is 362 g/mol. The van der Waals surface area contributed by atoms with E-state index in [0.717, 1.165) is 57.8 Å². The number of likely N-dealkylation sites (tertiary alicyclic amines) is 1. The van der Waals surface area contributed by atoms with Gasteiger partial charge in [0.25, 0.3) is 0 Å². The van der Waals surface area contributed by atoms with Gasteiger partial charge in [-0.05, 0) is 59.7 Å². The van der Waals surface area contributed by atoms with Crippen LogP contribution in [0.1, 0.15) is 77.6 Å². The number of nitrogens with one attached hydrogen (secondary N) is 2. The molecule has 0 bridgehead atoms. The molecule has 0 aromatic heterocycles. The van der Waals surface area contributed by atoms with Crippen molar-refractivity contribution >= 4 is 11.9 Å². The maximum Gasteiger partial charge on any atom is 0.225 e. The summed E-state index contributed by atoms with van der Waals surface area (Å²) in [5.41, 5.74) is 0. The largest absolute Gasteiger partial charge is 0.357 e. The molecular formula is C23H45N5O. The lowest BCUT2D eigenvalue weighted by Crippen LogP contribution is -2.45. The predicted octanol–water partition coefficient (Wildman–Crippen LogP) is 3.23. The van der Waals surface area contributed by atoms with Gasteiger partial charge in [0, 0.05) is 38.1 Å². The fourth-order valence-electron chi connectivity index (χ4n) is 4.46. The fraction of sp³-hybridized carbons (Fsp3) is 0.913. The van der Waals surface area contributed by atoms with Gasteiger partial charge >= 0.3 is 0 Å². The second-order valence-electron chi connectivity index (χ2n) is 9.08. The molecule has 29 heavy (non-hydrogen) atoms. The molecule has 6 nitrogen and oxygen atoms in total. The van der Waals surface area contributed by atoms with Gasteiger partial charge in [-0.25, -0.2) is 0 Å². The molecule has 1 saturated carbocycles. The van der Waals surface area contributed by atoms with Crippen LogP contribution in [0.15, 0.2) is 4.99 Å². The zero-order valence-corrected chi connectivity index (χ0v) is 19.2. The fourth-order valence-corrected chi connectivity index (χ4v) is 4.46. The van der Waals surface area contributed by atoms with Crippen LogP contribution in [0, 0.1) is 5.92 Å². The summed E-state index contributed by atoms with van der Waals surface area (Å²) in [6, 6.07) is 0.325. The average molecular weight is 408 g/mol. The van der Waals surface area contributed by atoms with E-state index >= 15 is 0 Å². The summed E-state index contributed by atoms with van der Waals surface area (Å²) in [6.07, 6.45) is 13.2. The summed E-state index contributed by atoms with van der Waals surface area (Å²) in [5.74, 6) is 1.59. The number of amides is 1. The molecule has 0 spiro atoms. The minimum atomic E-state index is 0.280. The van der Waals surface area contributed by atoms with E-state index in [1.54, 1.807) is 0 Å². The van der Waals surface area contributed by atoms with E-state index in [2.05, 4.69) is 41.5 Å². The number of hydrogen-bond acceptors (Lipinski definition) is 3. The minimum absolute atomic E-state index is 0.280. The third-order valence-electron chi connectivity index (χ3n) is 6.17. The van der Waals surface area contributed by atoms with Crippen LogP contribution in [0.5, 0.6) is 0 Å². The van der Waals surface area contributed by atoms with Crippen molar-refractivity contribution in [3.05, 3.63) is 0 Å². The van der Waals surface area contributed by atoms with Crippen molar-refractivity contribution in [3.8, 4) is 0 Å². The van der Waals surface area contributed by atoms with E-state index < -0.39 is 0 Å². The highest BCUT2D eigenvalue weighted by atomic mass is 16.2. The first kappa shape index (κ1) is 24.0. The molecule has 0 aromatic carbocycles. The summed E-state index contributed by atoms with van der Waals surface area (Å²) in [5, 5.41) is 6.94. The number of nitrogens with zero attached hydrogens (tertiary/aromatic N) is 3. The summed E-state index contributed by atoms with van der Waals surface area (Å²) in [6.45, 7) is 6.75. The van der Waals surface area contributed by atoms with E-state index in [4.69, 9.17) is 4.99 Å². The molecule has 1 heterocycles. The normalized spacial score (nSPS) is 21.0. The molecule has 1 amide bonds. The molecule has 0 radical (unpaired) electrons. The SMILES string of the molecule is CCNC(=NCCCCCCCN(C)C)NC1CCN(C(=O)C2CCCCC2)C1. The van der Waals surface area contributed by atoms with Crippen LogP contribution in [0.4, 0.5) is 0 Å². The number of aliphatic imine (C=N–C) groups is 1. The molecule has 2 rings (SSSR count). The van der Waals surface area contributed by atoms with Crippen molar-refractivity contribution < 1.29 is 4.79 Å². The van der Waals surface area contributed by atoms with Gasteiger partial charge in [0.05, 0.1) is 0 Å². The second kappa shape index (κ2) is 13.8. The van der Waals surface area contributed by atoms with Crippen LogP contribution >= 0.6 is 0 Å². The molecule has 1 unspecified atom stereocenters. The number of unbranched alkanes of at least 4 members (excludes halogenated alkanes) is 4. The molecule has 1 aliphatic carbocycles. The van der Waals surface area contributed by atoms with E-state index in [1.807, 2.05) is 0 Å². The number of hydrogen-bond donors (Lipinski definition) is 2. The predicted molar refractivity (Wildman–Crippen MR) is 122 cm³/mol. The molecule has 1 saturated heterocycles. The Hall–Kier alpha value is -1.30. The smallest absolute Gasteiger partial charge is 0.225 e. The lowest BCUT2D eigenvalue weighted by Gasteiger charge is -2.26. The minimum Gasteiger partial charge on any atom is -0.357 e. The maximum absolute atomic E-state index is 12.8. The van der Waals surface area contributed by atoms with E-state index in [0.29, 0.717) is 11.9 Å². The summed E-state index contributed by atoms with van der Waals surface area (Å²) < 4.78 is 0. The highest BCUT2D eigenvalue weighted by molar-refractivity contribution is 5.81. The van der Waals surface area contributed by atoms with E-state index in [-0.39, 0.29) is 5.92 Å². The van der Waals surface area contributed by atoms with Crippen LogP contribution < -0.4 is 10.6 Å². The van der Waals surface area contributed by atoms with Crippen molar-refractivity contribution in [1.29, 1.82) is 0 Å². The van der Waals surface area contributed by atoms with E-state index in [9.17, 15) is 4.79 Å². The second-order valence-corrected chi connectivity index (χ2v) is 9.08. The van der Waals surface area contributed by atoms with Gasteiger partial charge < -0.3 is 20.4 Å². The summed E-state index contributed by atoms with van der Waals surface area (Å²) in [4.78, 5) is 21.9. The Labute approximate surface area is 178 Å². The Morgan fingerprint density at radius 1 is 1.03 bits per heavy atom. The summed E-state index contributed by atoms with van der Waals surface area (Å²) in [7, 11) is 4.28. The summed E-state index contributed by atoms with van der Waals surface area (Å²) >= 11 is 0. The molecule has 2 aliphatic rings. The molecule has 1 atom stereocenters. The number of carbonyl (C=O) groups is 1. The Balaban J connectivity index is 1.65. The van der Waals surface area contributed by atoms with Gasteiger partial charge in [-0.1, -0.05) is 38.5 Å². The van der Waals surface area contributed by atoms with Crippen molar-refractivity contribution in [1.82, 2.24) is 20.4 Å². The Kier molecular flexibility index (Phi) is 11.4. The van der Waals surface area contributed by atoms with E-state index in [1.165, 1.54) is 51.5 Å². The standard InChI is InChI=1S/C23H45N5O/c1-4-24-23(25-16-11-6-5-7-12-17-27(2)3)26-21-15-18-28(19-21)22(29)20-13-9-8-10-14-20/h20-21H,4-19H2,1-3H3,(H2,24,25,26). The first-order valence-electron chi connectivity index (χ1n) is 12.1. The van der Waals surface area contributed by atoms with Crippen molar-refractivity contribution in [2.24, 2.45) is 10.9 Å². The van der Waals surface area contributed by atoms with Crippen LogP contribution in [0.3, 0.4) is 0 Å². The lowest BCUT2D eigenvalue weighted by atomic mass is 9.88. The van der Waals surface area contributed by atoms with Gasteiger partial charge in [0.15, 0.2) is 5.96 Å². The van der Waals surface area contributed by atoms with Crippen LogP contribution in [0.2, 0.25) is 0 Å². The third-order valence-corrected chi connectivity index (χ3v) is 6.17. The highest BCUT2D eigenvalue weighted by Gasteiger charge is 2.31. The molecule has 0 aromatic rings. The van der Waals surface area contributed by atoms with Gasteiger partial charge in [0.2, 0.25) is 5.91 Å². The first-order chi connectivity index (χ1) is 14.1. The average Bonchev–Trinajstić information content (AvgIpc) is 3.18. The third kappa shape index (κ3) is 9.37. The topological polar surface area (TPSA) is 60.0 Å². The lowest BCUT2D eigenvalue weighted by molar-refractivity contribution is -0.135. The Morgan fingerprint density at radius 3 is 2.48 bits per heavy atom. The zero-order valence-electron chi connectivity index (χ0n) is 19.2. The molecule has 2 fully saturated rings. The molecule has 2 N–H and O–H groups in total. The Bertz CT molecular complexity index is 488. The van der Waals surface area contributed by atoms with Gasteiger partial charge in [-0.15, -0.1) is 0 Å². The molecule has 6 heteroatoms. The monoisotopic (exact) mass is 407 g/mol. The van der Waals surface area contributed by atoms with Crippen LogP contribution in [0.25, 0.3) is 0 Å². The Morgan fingerprint density at radius 2 is 1.76 bits per heavy atom. The maximum atomic E-state index is 12.8. The zero-order chi connectivity index (χ0) is 20.9. The molecule has 1 aliphatic heterocycles. The van der Waals surface area contributed by atoms with Gasteiger partial charge in [-0.3, -0.25) is 9.79 Å². The van der Waals surface area contributed by atoms with Crippen LogP contribution in [-0.2, 0) is 4.79 Å². The number of guanidine groups is 1. The van der Waals surface area contributed by atoms with Gasteiger partial charge in [0.1, 0.15) is 0 Å². The number of rotatable bonds is 11. The van der Waals surface area contributed by atoms with Crippen molar-refractivity contribution in [3.63, 3.8) is 0 Å². The highest BCUT2D eigenvalue weighted by Crippen LogP contribution is 2.26. The van der Waals surface area contributed by atoms with Crippen LogP contribution in [-0.4, -0.2) is 74.5 Å². The van der Waals surface area contributed by atoms with Crippen molar-refractivity contribution in [2.75, 3.05) is 46.8 Å². The van der Waals surface area contributed by atoms with Gasteiger partial charge in [-0.2, -0.15) is 0 Å². The first-order valence-corrected chi connectivity index (χ1v) is 12.1.